The molecular formula is C25H28N2O7. The number of ether oxygens (including phenoxy) is 2. The van der Waals surface area contributed by atoms with Gasteiger partial charge in [-0.05, 0) is 74.2 Å². The van der Waals surface area contributed by atoms with Gasteiger partial charge >= 0.3 is 11.9 Å². The Labute approximate surface area is 197 Å². The first kappa shape index (κ1) is 26.2. The molecule has 0 aliphatic rings. The minimum atomic E-state index is -0.808. The number of Topliss-reactive ketones (excluding diaryl/α,β-unsaturated/α-hetero) is 1. The van der Waals surface area contributed by atoms with Crippen LogP contribution in [-0.4, -0.2) is 55.8 Å². The van der Waals surface area contributed by atoms with Gasteiger partial charge in [0.05, 0.1) is 0 Å². The second-order valence-corrected chi connectivity index (χ2v) is 7.82. The molecule has 0 atom stereocenters. The molecule has 2 rings (SSSR count). The highest BCUT2D eigenvalue weighted by molar-refractivity contribution is 5.97. The molecule has 180 valence electrons. The first-order chi connectivity index (χ1) is 16.1. The SMILES string of the molecule is Cc1ccc(C(=O)NCC(=O)OCC(=O)COC(=O)CNC(=O)c2ccc(C)c(C)c2)cc1C. The zero-order valence-corrected chi connectivity index (χ0v) is 19.7. The minimum Gasteiger partial charge on any atom is -0.456 e. The molecule has 0 saturated heterocycles. The van der Waals surface area contributed by atoms with Gasteiger partial charge in [0.2, 0.25) is 5.78 Å². The van der Waals surface area contributed by atoms with E-state index in [1.807, 2.05) is 27.7 Å². The summed E-state index contributed by atoms with van der Waals surface area (Å²) < 4.78 is 9.56. The highest BCUT2D eigenvalue weighted by Crippen LogP contribution is 2.10. The fourth-order valence-electron chi connectivity index (χ4n) is 2.74. The third-order valence-electron chi connectivity index (χ3n) is 5.11. The first-order valence-electron chi connectivity index (χ1n) is 10.6. The zero-order valence-electron chi connectivity index (χ0n) is 19.7. The second kappa shape index (κ2) is 12.3. The van der Waals surface area contributed by atoms with Crippen molar-refractivity contribution in [3.8, 4) is 0 Å². The number of carbonyl (C=O) groups excluding carboxylic acids is 5. The number of amides is 2. The predicted octanol–water partition coefficient (Wildman–Crippen LogP) is 1.74. The van der Waals surface area contributed by atoms with Crippen LogP contribution in [0.1, 0.15) is 43.0 Å². The molecule has 0 heterocycles. The Morgan fingerprint density at radius 3 is 1.35 bits per heavy atom. The number of ketones is 1. The van der Waals surface area contributed by atoms with Crippen LogP contribution in [0, 0.1) is 27.7 Å². The number of aryl methyl sites for hydroxylation is 4. The van der Waals surface area contributed by atoms with Crippen LogP contribution in [0.3, 0.4) is 0 Å². The fraction of sp³-hybridized carbons (Fsp3) is 0.320. The van der Waals surface area contributed by atoms with Crippen LogP contribution in [0.25, 0.3) is 0 Å². The van der Waals surface area contributed by atoms with E-state index in [1.54, 1.807) is 36.4 Å². The van der Waals surface area contributed by atoms with Crippen LogP contribution in [0.15, 0.2) is 36.4 Å². The molecule has 2 aromatic rings. The molecule has 2 aromatic carbocycles. The van der Waals surface area contributed by atoms with E-state index in [1.165, 1.54) is 0 Å². The number of carbonyl (C=O) groups is 5. The molecule has 0 radical (unpaired) electrons. The van der Waals surface area contributed by atoms with E-state index in [4.69, 9.17) is 9.47 Å². The summed E-state index contributed by atoms with van der Waals surface area (Å²) >= 11 is 0. The highest BCUT2D eigenvalue weighted by Gasteiger charge is 2.14. The average Bonchev–Trinajstić information content (AvgIpc) is 2.81. The van der Waals surface area contributed by atoms with Gasteiger partial charge in [-0.2, -0.15) is 0 Å². The molecule has 0 fully saturated rings. The number of hydrogen-bond donors (Lipinski definition) is 2. The van der Waals surface area contributed by atoms with Crippen LogP contribution in [0.5, 0.6) is 0 Å². The molecule has 0 spiro atoms. The zero-order chi connectivity index (χ0) is 25.3. The van der Waals surface area contributed by atoms with Crippen molar-refractivity contribution in [3.05, 3.63) is 69.8 Å². The monoisotopic (exact) mass is 468 g/mol. The maximum Gasteiger partial charge on any atom is 0.325 e. The fourth-order valence-corrected chi connectivity index (χ4v) is 2.74. The van der Waals surface area contributed by atoms with Gasteiger partial charge in [0.25, 0.3) is 11.8 Å². The number of nitrogens with one attached hydrogen (secondary N) is 2. The van der Waals surface area contributed by atoms with Gasteiger partial charge in [-0.25, -0.2) is 0 Å². The summed E-state index contributed by atoms with van der Waals surface area (Å²) in [6, 6.07) is 10.3. The van der Waals surface area contributed by atoms with E-state index in [9.17, 15) is 24.0 Å². The maximum absolute atomic E-state index is 12.1. The number of hydrogen-bond acceptors (Lipinski definition) is 7. The molecule has 9 nitrogen and oxygen atoms in total. The first-order valence-corrected chi connectivity index (χ1v) is 10.6. The average molecular weight is 469 g/mol. The molecule has 2 N–H and O–H groups in total. The Morgan fingerprint density at radius 1 is 0.618 bits per heavy atom. The van der Waals surface area contributed by atoms with Crippen LogP contribution in [0.2, 0.25) is 0 Å². The van der Waals surface area contributed by atoms with Gasteiger partial charge in [0.15, 0.2) is 13.2 Å². The van der Waals surface area contributed by atoms with Gasteiger partial charge in [0.1, 0.15) is 13.1 Å². The lowest BCUT2D eigenvalue weighted by molar-refractivity contribution is -0.152. The van der Waals surface area contributed by atoms with Crippen LogP contribution < -0.4 is 10.6 Å². The Balaban J connectivity index is 1.64. The van der Waals surface area contributed by atoms with Crippen LogP contribution >= 0.6 is 0 Å². The van der Waals surface area contributed by atoms with Gasteiger partial charge < -0.3 is 20.1 Å². The van der Waals surface area contributed by atoms with E-state index >= 15 is 0 Å². The van der Waals surface area contributed by atoms with E-state index in [0.29, 0.717) is 11.1 Å². The Hall–Kier alpha value is -4.01. The summed E-state index contributed by atoms with van der Waals surface area (Å²) in [4.78, 5) is 59.5. The molecular weight excluding hydrogens is 440 g/mol. The van der Waals surface area contributed by atoms with Gasteiger partial charge in [-0.15, -0.1) is 0 Å². The molecule has 9 heteroatoms. The summed E-state index contributed by atoms with van der Waals surface area (Å²) in [5.74, 6) is -3.15. The van der Waals surface area contributed by atoms with E-state index in [0.717, 1.165) is 22.3 Å². The topological polar surface area (TPSA) is 128 Å². The summed E-state index contributed by atoms with van der Waals surface area (Å²) in [6.07, 6.45) is 0. The molecule has 0 saturated carbocycles. The molecule has 34 heavy (non-hydrogen) atoms. The maximum atomic E-state index is 12.1. The Morgan fingerprint density at radius 2 is 1.00 bits per heavy atom. The van der Waals surface area contributed by atoms with Gasteiger partial charge in [-0.1, -0.05) is 12.1 Å². The van der Waals surface area contributed by atoms with E-state index in [2.05, 4.69) is 10.6 Å². The lowest BCUT2D eigenvalue weighted by Crippen LogP contribution is -2.33. The Bertz CT molecular complexity index is 1020. The second-order valence-electron chi connectivity index (χ2n) is 7.82. The van der Waals surface area contributed by atoms with Gasteiger partial charge in [-0.3, -0.25) is 24.0 Å². The predicted molar refractivity (Wildman–Crippen MR) is 123 cm³/mol. The van der Waals surface area contributed by atoms with Crippen LogP contribution in [0.4, 0.5) is 0 Å². The summed E-state index contributed by atoms with van der Waals surface area (Å²) in [5, 5.41) is 4.83. The third-order valence-corrected chi connectivity index (χ3v) is 5.11. The van der Waals surface area contributed by atoms with Crippen molar-refractivity contribution < 1.29 is 33.4 Å². The Kier molecular flexibility index (Phi) is 9.49. The molecule has 0 aliphatic carbocycles. The molecule has 0 bridgehead atoms. The van der Waals surface area contributed by atoms with Crippen molar-refractivity contribution in [1.29, 1.82) is 0 Å². The van der Waals surface area contributed by atoms with Crippen molar-refractivity contribution >= 4 is 29.5 Å². The standard InChI is InChI=1S/C25H28N2O7/c1-15-5-7-19(9-17(15)3)24(31)26-11-22(29)33-13-21(28)14-34-23(30)12-27-25(32)20-8-6-16(2)18(4)10-20/h5-10H,11-14H2,1-4H3,(H,26,31)(H,27,32). The van der Waals surface area contributed by atoms with Crippen LogP contribution in [-0.2, 0) is 23.9 Å². The van der Waals surface area contributed by atoms with Gasteiger partial charge in [0, 0.05) is 11.1 Å². The smallest absolute Gasteiger partial charge is 0.325 e. The number of benzene rings is 2. The summed E-state index contributed by atoms with van der Waals surface area (Å²) in [6.45, 7) is 5.54. The number of rotatable bonds is 10. The molecule has 0 unspecified atom stereocenters. The molecule has 2 amide bonds. The van der Waals surface area contributed by atoms with E-state index in [-0.39, 0.29) is 0 Å². The summed E-state index contributed by atoms with van der Waals surface area (Å²) in [5.41, 5.74) is 4.78. The van der Waals surface area contributed by atoms with Crippen molar-refractivity contribution in [2.75, 3.05) is 26.3 Å². The quantitative estimate of drug-likeness (QED) is 0.508. The lowest BCUT2D eigenvalue weighted by Gasteiger charge is -2.09. The minimum absolute atomic E-state index is 0.406. The van der Waals surface area contributed by atoms with Crippen molar-refractivity contribution in [1.82, 2.24) is 10.6 Å². The molecule has 0 aliphatic heterocycles. The summed E-state index contributed by atoms with van der Waals surface area (Å²) in [7, 11) is 0. The van der Waals surface area contributed by atoms with Crippen molar-refractivity contribution in [2.45, 2.75) is 27.7 Å². The van der Waals surface area contributed by atoms with Crippen molar-refractivity contribution in [3.63, 3.8) is 0 Å². The third kappa shape index (κ3) is 8.16. The molecule has 0 aromatic heterocycles. The normalized spacial score (nSPS) is 10.2. The largest absolute Gasteiger partial charge is 0.456 e. The highest BCUT2D eigenvalue weighted by atomic mass is 16.6. The lowest BCUT2D eigenvalue weighted by atomic mass is 10.1. The van der Waals surface area contributed by atoms with E-state index < -0.39 is 55.8 Å². The van der Waals surface area contributed by atoms with Crippen molar-refractivity contribution in [2.24, 2.45) is 0 Å². The number of esters is 2.